The summed E-state index contributed by atoms with van der Waals surface area (Å²) in [5.74, 6) is -1.04. The number of anilines is 1. The molecule has 1 saturated heterocycles. The van der Waals surface area contributed by atoms with E-state index in [1.54, 1.807) is 29.2 Å². The molecule has 1 N–H and O–H groups in total. The third-order valence-corrected chi connectivity index (χ3v) is 4.87. The average molecular weight is 380 g/mol. The molecule has 1 fully saturated rings. The quantitative estimate of drug-likeness (QED) is 0.750. The molecule has 0 aromatic heterocycles. The Morgan fingerprint density at radius 3 is 2.68 bits per heavy atom. The van der Waals surface area contributed by atoms with Crippen LogP contribution in [0.4, 0.5) is 5.69 Å². The third-order valence-electron chi connectivity index (χ3n) is 4.87. The molecule has 1 aliphatic rings. The number of carbonyl (C=O) groups excluding carboxylic acids is 3. The molecular weight excluding hydrogens is 356 g/mol. The summed E-state index contributed by atoms with van der Waals surface area (Å²) in [6.45, 7) is 1.07. The van der Waals surface area contributed by atoms with E-state index in [2.05, 4.69) is 17.4 Å². The van der Waals surface area contributed by atoms with Crippen molar-refractivity contribution in [2.75, 3.05) is 25.5 Å². The van der Waals surface area contributed by atoms with Crippen LogP contribution in [0.3, 0.4) is 0 Å². The molecule has 2 aromatic carbocycles. The fraction of sp³-hybridized carbons (Fsp3) is 0.318. The predicted octanol–water partition coefficient (Wildman–Crippen LogP) is 2.89. The summed E-state index contributed by atoms with van der Waals surface area (Å²) >= 11 is 0. The van der Waals surface area contributed by atoms with Crippen LogP contribution in [0.5, 0.6) is 0 Å². The summed E-state index contributed by atoms with van der Waals surface area (Å²) in [5.41, 5.74) is 2.13. The lowest BCUT2D eigenvalue weighted by atomic mass is 10.1. The van der Waals surface area contributed by atoms with Crippen LogP contribution in [0.2, 0.25) is 0 Å². The number of aryl methyl sites for hydroxylation is 1. The van der Waals surface area contributed by atoms with Crippen LogP contribution in [0, 0.1) is 5.92 Å². The zero-order valence-electron chi connectivity index (χ0n) is 15.9. The van der Waals surface area contributed by atoms with Crippen LogP contribution in [0.1, 0.15) is 28.8 Å². The number of nitrogens with one attached hydrogen (secondary N) is 1. The highest BCUT2D eigenvalue weighted by Crippen LogP contribution is 2.21. The van der Waals surface area contributed by atoms with Gasteiger partial charge >= 0.3 is 5.97 Å². The van der Waals surface area contributed by atoms with Crippen molar-refractivity contribution in [3.8, 4) is 0 Å². The highest BCUT2D eigenvalue weighted by Gasteiger charge is 2.33. The Hall–Kier alpha value is -3.15. The minimum absolute atomic E-state index is 0.0107. The number of carbonyl (C=O) groups is 3. The van der Waals surface area contributed by atoms with Crippen LogP contribution in [-0.4, -0.2) is 42.9 Å². The number of amides is 2. The van der Waals surface area contributed by atoms with E-state index in [0.717, 1.165) is 12.8 Å². The van der Waals surface area contributed by atoms with Crippen LogP contribution in [-0.2, 0) is 20.7 Å². The van der Waals surface area contributed by atoms with Gasteiger partial charge in [0.25, 0.3) is 0 Å². The summed E-state index contributed by atoms with van der Waals surface area (Å²) in [7, 11) is 1.31. The second kappa shape index (κ2) is 9.17. The number of hydrogen-bond donors (Lipinski definition) is 1. The maximum Gasteiger partial charge on any atom is 0.337 e. The molecule has 0 bridgehead atoms. The van der Waals surface area contributed by atoms with E-state index >= 15 is 0 Å². The summed E-state index contributed by atoms with van der Waals surface area (Å²) in [6, 6.07) is 16.7. The highest BCUT2D eigenvalue weighted by atomic mass is 16.5. The SMILES string of the molecule is COC(=O)c1cccc(NC(=O)C2CC(=O)N(CCCc3ccccc3)C2)c1. The predicted molar refractivity (Wildman–Crippen MR) is 106 cm³/mol. The van der Waals surface area contributed by atoms with Crippen molar-refractivity contribution in [2.45, 2.75) is 19.3 Å². The van der Waals surface area contributed by atoms with Gasteiger partial charge in [-0.1, -0.05) is 36.4 Å². The van der Waals surface area contributed by atoms with Crippen LogP contribution in [0.25, 0.3) is 0 Å². The van der Waals surface area contributed by atoms with Crippen molar-refractivity contribution in [2.24, 2.45) is 5.92 Å². The molecule has 1 heterocycles. The Kier molecular flexibility index (Phi) is 6.42. The molecule has 0 radical (unpaired) electrons. The summed E-state index contributed by atoms with van der Waals surface area (Å²) in [6.07, 6.45) is 1.99. The summed E-state index contributed by atoms with van der Waals surface area (Å²) < 4.78 is 4.69. The van der Waals surface area contributed by atoms with Gasteiger partial charge < -0.3 is 15.0 Å². The zero-order chi connectivity index (χ0) is 19.9. The summed E-state index contributed by atoms with van der Waals surface area (Å²) in [5, 5.41) is 2.80. The number of hydrogen-bond acceptors (Lipinski definition) is 4. The van der Waals surface area contributed by atoms with Crippen molar-refractivity contribution in [1.29, 1.82) is 0 Å². The molecule has 0 saturated carbocycles. The Balaban J connectivity index is 1.51. The fourth-order valence-electron chi connectivity index (χ4n) is 3.37. The maximum atomic E-state index is 12.5. The van der Waals surface area contributed by atoms with Crippen LogP contribution >= 0.6 is 0 Å². The molecule has 2 aromatic rings. The van der Waals surface area contributed by atoms with Gasteiger partial charge in [0.15, 0.2) is 0 Å². The molecule has 28 heavy (non-hydrogen) atoms. The van der Waals surface area contributed by atoms with Crippen molar-refractivity contribution in [3.05, 3.63) is 65.7 Å². The van der Waals surface area contributed by atoms with Crippen molar-refractivity contribution >= 4 is 23.5 Å². The third kappa shape index (κ3) is 4.97. The van der Waals surface area contributed by atoms with Gasteiger partial charge in [0.05, 0.1) is 18.6 Å². The number of rotatable bonds is 7. The minimum atomic E-state index is -0.461. The molecular formula is C22H24N2O4. The van der Waals surface area contributed by atoms with Gasteiger partial charge in [0, 0.05) is 25.2 Å². The molecule has 146 valence electrons. The fourth-order valence-corrected chi connectivity index (χ4v) is 3.37. The molecule has 0 aliphatic carbocycles. The topological polar surface area (TPSA) is 75.7 Å². The zero-order valence-corrected chi connectivity index (χ0v) is 15.9. The lowest BCUT2D eigenvalue weighted by Gasteiger charge is -2.16. The van der Waals surface area contributed by atoms with Gasteiger partial charge in [-0.25, -0.2) is 4.79 Å². The van der Waals surface area contributed by atoms with E-state index in [4.69, 9.17) is 4.74 Å². The van der Waals surface area contributed by atoms with Crippen molar-refractivity contribution in [1.82, 2.24) is 4.90 Å². The lowest BCUT2D eigenvalue weighted by molar-refractivity contribution is -0.128. The monoisotopic (exact) mass is 380 g/mol. The Morgan fingerprint density at radius 1 is 1.14 bits per heavy atom. The standard InChI is InChI=1S/C22H24N2O4/c1-28-22(27)17-10-5-11-19(13-17)23-21(26)18-14-20(25)24(15-18)12-6-9-16-7-3-2-4-8-16/h2-5,7-8,10-11,13,18H,6,9,12,14-15H2,1H3,(H,23,26). The number of methoxy groups -OCH3 is 1. The number of esters is 1. The molecule has 0 spiro atoms. The average Bonchev–Trinajstić information content (AvgIpc) is 3.09. The van der Waals surface area contributed by atoms with E-state index < -0.39 is 5.97 Å². The van der Waals surface area contributed by atoms with Gasteiger partial charge in [-0.15, -0.1) is 0 Å². The van der Waals surface area contributed by atoms with E-state index in [9.17, 15) is 14.4 Å². The van der Waals surface area contributed by atoms with Gasteiger partial charge in [0.1, 0.15) is 0 Å². The Labute approximate surface area is 164 Å². The minimum Gasteiger partial charge on any atom is -0.465 e. The second-order valence-electron chi connectivity index (χ2n) is 6.89. The highest BCUT2D eigenvalue weighted by molar-refractivity contribution is 5.98. The Bertz CT molecular complexity index is 851. The van der Waals surface area contributed by atoms with Crippen LogP contribution < -0.4 is 5.32 Å². The van der Waals surface area contributed by atoms with Crippen LogP contribution in [0.15, 0.2) is 54.6 Å². The molecule has 6 nitrogen and oxygen atoms in total. The van der Waals surface area contributed by atoms with E-state index in [1.165, 1.54) is 12.7 Å². The first-order valence-corrected chi connectivity index (χ1v) is 9.38. The molecule has 1 unspecified atom stereocenters. The number of benzene rings is 2. The maximum absolute atomic E-state index is 12.5. The first kappa shape index (κ1) is 19.6. The van der Waals surface area contributed by atoms with Gasteiger partial charge in [0.2, 0.25) is 11.8 Å². The molecule has 3 rings (SSSR count). The first-order chi connectivity index (χ1) is 13.6. The van der Waals surface area contributed by atoms with Crippen molar-refractivity contribution in [3.63, 3.8) is 0 Å². The smallest absolute Gasteiger partial charge is 0.337 e. The number of likely N-dealkylation sites (tertiary alicyclic amines) is 1. The van der Waals surface area contributed by atoms with E-state index in [-0.39, 0.29) is 24.2 Å². The van der Waals surface area contributed by atoms with Crippen molar-refractivity contribution < 1.29 is 19.1 Å². The number of nitrogens with zero attached hydrogens (tertiary/aromatic N) is 1. The number of ether oxygens (including phenoxy) is 1. The molecule has 6 heteroatoms. The first-order valence-electron chi connectivity index (χ1n) is 9.38. The van der Waals surface area contributed by atoms with Gasteiger partial charge in [-0.05, 0) is 36.6 Å². The molecule has 1 atom stereocenters. The van der Waals surface area contributed by atoms with E-state index in [0.29, 0.717) is 24.3 Å². The Morgan fingerprint density at radius 2 is 1.93 bits per heavy atom. The largest absolute Gasteiger partial charge is 0.465 e. The van der Waals surface area contributed by atoms with Gasteiger partial charge in [-0.2, -0.15) is 0 Å². The normalized spacial score (nSPS) is 16.1. The molecule has 1 aliphatic heterocycles. The second-order valence-corrected chi connectivity index (χ2v) is 6.89. The van der Waals surface area contributed by atoms with Gasteiger partial charge in [-0.3, -0.25) is 9.59 Å². The lowest BCUT2D eigenvalue weighted by Crippen LogP contribution is -2.29. The van der Waals surface area contributed by atoms with E-state index in [1.807, 2.05) is 18.2 Å². The molecule has 2 amide bonds. The summed E-state index contributed by atoms with van der Waals surface area (Å²) in [4.78, 5) is 38.2.